The third kappa shape index (κ3) is 11.8. The van der Waals surface area contributed by atoms with E-state index in [-0.39, 0.29) is 29.6 Å². The molecule has 4 fully saturated rings. The number of aliphatic hydroxyl groups is 3. The van der Waals surface area contributed by atoms with Crippen LogP contribution in [-0.4, -0.2) is 114 Å². The van der Waals surface area contributed by atoms with E-state index in [0.717, 1.165) is 70.9 Å². The molecule has 0 aromatic heterocycles. The summed E-state index contributed by atoms with van der Waals surface area (Å²) < 4.78 is 40.7. The molecule has 0 amide bonds. The zero-order chi connectivity index (χ0) is 49.2. The molecule has 5 N–H and O–H groups in total. The van der Waals surface area contributed by atoms with Crippen LogP contribution >= 0.6 is 23.2 Å². The first kappa shape index (κ1) is 53.6. The third-order valence-electron chi connectivity index (χ3n) is 13.1. The van der Waals surface area contributed by atoms with Gasteiger partial charge in [0.15, 0.2) is 18.3 Å². The number of aliphatic hydroxyl groups excluding tert-OH is 3. The molecule has 4 heterocycles. The number of fused-ring (bicyclic) bond motifs is 2. The molecule has 19 heteroatoms. The minimum Gasteiger partial charge on any atom is -0.857 e. The molecule has 370 valence electrons. The molecule has 10 rings (SSSR count). The van der Waals surface area contributed by atoms with E-state index in [2.05, 4.69) is 16.7 Å². The van der Waals surface area contributed by atoms with Crippen molar-refractivity contribution in [3.8, 4) is 11.5 Å². The Hall–Kier alpha value is -4.17. The number of nitrogens with one attached hydrogen (secondary N) is 2. The number of esters is 3. The smallest absolute Gasteiger partial charge is 0.857 e. The van der Waals surface area contributed by atoms with Crippen molar-refractivity contribution < 1.29 is 97.5 Å². The summed E-state index contributed by atoms with van der Waals surface area (Å²) in [6, 6.07) is 23.0. The second-order valence-corrected chi connectivity index (χ2v) is 18.9. The largest absolute Gasteiger partial charge is 1.00 e. The molecule has 6 aliphatic rings. The Morgan fingerprint density at radius 2 is 1.09 bits per heavy atom. The van der Waals surface area contributed by atoms with Crippen LogP contribution in [0.15, 0.2) is 72.8 Å². The van der Waals surface area contributed by atoms with Gasteiger partial charge in [0.05, 0.1) is 17.0 Å². The number of carbonyl (C=O) groups excluding carboxylic acids is 3. The van der Waals surface area contributed by atoms with Crippen LogP contribution in [0.25, 0.3) is 0 Å². The molecular weight excluding hydrogens is 958 g/mol. The molecule has 4 aromatic rings. The molecule has 2 aliphatic carbocycles. The van der Waals surface area contributed by atoms with Crippen molar-refractivity contribution in [2.75, 3.05) is 44.0 Å². The van der Waals surface area contributed by atoms with Crippen LogP contribution in [0.2, 0.25) is 10.0 Å². The van der Waals surface area contributed by atoms with Gasteiger partial charge < -0.3 is 64.2 Å². The molecule has 2 saturated heterocycles. The van der Waals surface area contributed by atoms with Crippen LogP contribution in [0.5, 0.6) is 11.5 Å². The molecule has 2 spiro atoms. The summed E-state index contributed by atoms with van der Waals surface area (Å²) >= 11 is 13.1. The Morgan fingerprint density at radius 1 is 0.629 bits per heavy atom. The Morgan fingerprint density at radius 3 is 1.56 bits per heavy atom. The maximum atomic E-state index is 12.1. The van der Waals surface area contributed by atoms with Gasteiger partial charge in [-0.1, -0.05) is 59.6 Å². The molecule has 0 radical (unpaired) electrons. The Balaban J connectivity index is 0.000000203. The Kier molecular flexibility index (Phi) is 17.4. The van der Waals surface area contributed by atoms with Gasteiger partial charge in [-0.2, -0.15) is 7.11 Å². The van der Waals surface area contributed by atoms with E-state index >= 15 is 0 Å². The van der Waals surface area contributed by atoms with Crippen molar-refractivity contribution >= 4 is 52.5 Å². The average Bonchev–Trinajstić information content (AvgIpc) is 4.29. The maximum Gasteiger partial charge on any atom is 1.00 e. The van der Waals surface area contributed by atoms with Gasteiger partial charge in [0.2, 0.25) is 0 Å². The molecule has 70 heavy (non-hydrogen) atoms. The van der Waals surface area contributed by atoms with E-state index in [0.29, 0.717) is 67.3 Å². The first-order valence-electron chi connectivity index (χ1n) is 23.0. The number of anilines is 2. The van der Waals surface area contributed by atoms with E-state index < -0.39 is 77.9 Å². The van der Waals surface area contributed by atoms with Gasteiger partial charge in [0.25, 0.3) is 0 Å². The Bertz CT molecular complexity index is 2540. The van der Waals surface area contributed by atoms with Gasteiger partial charge in [-0.3, -0.25) is 14.4 Å². The molecule has 0 bridgehead atoms. The number of hydrogen-bond acceptors (Lipinski definition) is 16. The topological polar surface area (TPSA) is 224 Å². The normalized spacial score (nSPS) is 25.9. The predicted octanol–water partition coefficient (Wildman–Crippen LogP) is 2.54. The van der Waals surface area contributed by atoms with Crippen LogP contribution in [0.4, 0.5) is 11.4 Å². The molecule has 4 aromatic carbocycles. The zero-order valence-electron chi connectivity index (χ0n) is 39.7. The number of rotatable bonds is 9. The van der Waals surface area contributed by atoms with Crippen LogP contribution < -0.4 is 54.8 Å². The van der Waals surface area contributed by atoms with Crippen molar-refractivity contribution in [1.82, 2.24) is 0 Å². The first-order chi connectivity index (χ1) is 33.1. The summed E-state index contributed by atoms with van der Waals surface area (Å²) in [6.07, 6.45) is -4.21. The summed E-state index contributed by atoms with van der Waals surface area (Å²) in [4.78, 5) is 36.2. The summed E-state index contributed by atoms with van der Waals surface area (Å²) in [5.41, 5.74) is 5.65. The molecular formula is C51H57Cl2N2NaO14. The number of hydrogen-bond donors (Lipinski definition) is 5. The van der Waals surface area contributed by atoms with Gasteiger partial charge in [0, 0.05) is 43.9 Å². The average molecular weight is 1020 g/mol. The van der Waals surface area contributed by atoms with Gasteiger partial charge in [-0.15, -0.1) is 0 Å². The molecule has 8 atom stereocenters. The summed E-state index contributed by atoms with van der Waals surface area (Å²) in [5.74, 6) is -0.0375. The number of benzene rings is 4. The molecule has 16 nitrogen and oxygen atoms in total. The van der Waals surface area contributed by atoms with Crippen LogP contribution in [0.1, 0.15) is 92.0 Å². The van der Waals surface area contributed by atoms with E-state index in [9.17, 15) is 29.7 Å². The van der Waals surface area contributed by atoms with Gasteiger partial charge in [-0.25, -0.2) is 0 Å². The van der Waals surface area contributed by atoms with Crippen LogP contribution in [0.3, 0.4) is 0 Å². The second-order valence-electron chi connectivity index (χ2n) is 18.1. The van der Waals surface area contributed by atoms with Gasteiger partial charge in [0.1, 0.15) is 60.8 Å². The number of ether oxygens (including phenoxy) is 7. The fourth-order valence-corrected chi connectivity index (χ4v) is 9.90. The summed E-state index contributed by atoms with van der Waals surface area (Å²) in [5, 5.41) is 47.2. The minimum absolute atomic E-state index is 0. The van der Waals surface area contributed by atoms with E-state index in [1.165, 1.54) is 20.8 Å². The number of carbonyl (C=O) groups is 3. The summed E-state index contributed by atoms with van der Waals surface area (Å²) in [6.45, 7) is 6.61. The van der Waals surface area contributed by atoms with Crippen LogP contribution in [0, 0.1) is 0 Å². The minimum atomic E-state index is -1.23. The maximum absolute atomic E-state index is 12.1. The van der Waals surface area contributed by atoms with Crippen molar-refractivity contribution in [2.24, 2.45) is 0 Å². The second kappa shape index (κ2) is 22.7. The van der Waals surface area contributed by atoms with Gasteiger partial charge >= 0.3 is 47.5 Å². The standard InChI is InChI=1S/C28H30ClNO8.C22H24ClNO5.CH3O.Na/c1-15(31)35-25-24(38-28(8-9-28)27(37-17(3)33)26(25)36-16(2)32)19-5-6-21(29)20(14-19)12-18-4-7-23-22(13-18)30-10-11-34-23;23-15-3-2-13(20-18(25)19(26)21(27)22(29-20)5-6-22)11-14(15)9-12-1-4-17-16(10-12)24-7-8-28-17;1-2;/h4-7,13-14,24-27,30H,8-12H2,1-3H3;1-4,10-11,18-21,24-27H,5-9H2;1H3;/q;;-1;+1/t24-,25-,26+,27-;18-,19-,20+,21+;;/m01../s1. The molecule has 2 saturated carbocycles. The van der Waals surface area contributed by atoms with Crippen LogP contribution in [-0.2, 0) is 50.9 Å². The summed E-state index contributed by atoms with van der Waals surface area (Å²) in [7, 11) is 0.750. The molecule has 4 aliphatic heterocycles. The van der Waals surface area contributed by atoms with E-state index in [4.69, 9.17) is 61.5 Å². The van der Waals surface area contributed by atoms with E-state index in [1.54, 1.807) is 12.1 Å². The van der Waals surface area contributed by atoms with Crippen molar-refractivity contribution in [2.45, 2.75) is 119 Å². The Labute approximate surface area is 438 Å². The number of halogens is 2. The van der Waals surface area contributed by atoms with E-state index in [1.807, 2.05) is 54.6 Å². The van der Waals surface area contributed by atoms with Crippen molar-refractivity contribution in [3.05, 3.63) is 116 Å². The quantitative estimate of drug-likeness (QED) is 0.0924. The monoisotopic (exact) mass is 1010 g/mol. The fraction of sp³-hybridized carbons (Fsp3) is 0.471. The first-order valence-corrected chi connectivity index (χ1v) is 23.8. The molecule has 0 unspecified atom stereocenters. The van der Waals surface area contributed by atoms with Crippen molar-refractivity contribution in [3.63, 3.8) is 0 Å². The third-order valence-corrected chi connectivity index (χ3v) is 13.8. The predicted molar refractivity (Wildman–Crippen MR) is 252 cm³/mol. The van der Waals surface area contributed by atoms with Crippen molar-refractivity contribution in [1.29, 1.82) is 0 Å². The fourth-order valence-electron chi connectivity index (χ4n) is 9.53. The zero-order valence-corrected chi connectivity index (χ0v) is 43.2. The SMILES string of the molecule is CC(=O)O[C@@H]1[C@@H](OC(C)=O)[C@H](OC(C)=O)C2(CC2)O[C@H]1c1ccc(Cl)c(Cc2ccc3c(c2)NCCO3)c1.C[O-].O[C@@H]1[C@@H](O)[C@H](O)C2(CC2)O[C@H]1c1ccc(Cl)c(Cc2ccc3c(c2)NCCO3)c1.[Na+]. The van der Waals surface area contributed by atoms with Gasteiger partial charge in [-0.05, 0) is 108 Å².